The molecule has 3 N–H and O–H groups in total. The zero-order valence-electron chi connectivity index (χ0n) is 10.5. The molecular weight excluding hydrogens is 238 g/mol. The Hall–Kier alpha value is -2.20. The molecule has 4 nitrogen and oxygen atoms in total. The fourth-order valence-electron chi connectivity index (χ4n) is 2.39. The lowest BCUT2D eigenvalue weighted by Crippen LogP contribution is -2.19. The van der Waals surface area contributed by atoms with Crippen molar-refractivity contribution in [2.24, 2.45) is 5.73 Å². The van der Waals surface area contributed by atoms with Gasteiger partial charge in [-0.15, -0.1) is 0 Å². The molecule has 2 aromatic rings. The van der Waals surface area contributed by atoms with E-state index in [4.69, 9.17) is 5.73 Å². The first-order chi connectivity index (χ1) is 9.28. The van der Waals surface area contributed by atoms with Gasteiger partial charge in [0.2, 0.25) is 5.91 Å². The van der Waals surface area contributed by atoms with Gasteiger partial charge in [-0.1, -0.05) is 18.2 Å². The van der Waals surface area contributed by atoms with Crippen molar-refractivity contribution in [1.82, 2.24) is 4.98 Å². The van der Waals surface area contributed by atoms with Gasteiger partial charge in [-0.25, -0.2) is 0 Å². The van der Waals surface area contributed by atoms with Crippen molar-refractivity contribution in [1.29, 1.82) is 0 Å². The lowest BCUT2D eigenvalue weighted by atomic mass is 9.95. The fourth-order valence-corrected chi connectivity index (χ4v) is 2.39. The van der Waals surface area contributed by atoms with E-state index in [9.17, 15) is 4.79 Å². The quantitative estimate of drug-likeness (QED) is 0.861. The van der Waals surface area contributed by atoms with E-state index in [2.05, 4.69) is 16.4 Å². The Kier molecular flexibility index (Phi) is 3.01. The van der Waals surface area contributed by atoms with Gasteiger partial charge in [0, 0.05) is 36.5 Å². The molecule has 0 fully saturated rings. The number of carbonyl (C=O) groups is 1. The average molecular weight is 253 g/mol. The minimum absolute atomic E-state index is 0.0721. The minimum Gasteiger partial charge on any atom is -0.326 e. The lowest BCUT2D eigenvalue weighted by Gasteiger charge is -2.20. The van der Waals surface area contributed by atoms with Crippen LogP contribution in [0.1, 0.15) is 17.5 Å². The van der Waals surface area contributed by atoms with Crippen molar-refractivity contribution in [2.75, 3.05) is 5.32 Å². The first-order valence-corrected chi connectivity index (χ1v) is 6.34. The van der Waals surface area contributed by atoms with Gasteiger partial charge in [-0.2, -0.15) is 0 Å². The van der Waals surface area contributed by atoms with E-state index in [1.165, 1.54) is 5.56 Å². The number of nitrogens with one attached hydrogen (secondary N) is 1. The molecule has 1 amide bonds. The Bertz CT molecular complexity index is 637. The van der Waals surface area contributed by atoms with Crippen molar-refractivity contribution < 1.29 is 4.79 Å². The summed E-state index contributed by atoms with van der Waals surface area (Å²) >= 11 is 0. The molecule has 1 aromatic heterocycles. The van der Waals surface area contributed by atoms with Crippen LogP contribution in [0.5, 0.6) is 0 Å². The van der Waals surface area contributed by atoms with Crippen LogP contribution in [-0.2, 0) is 17.8 Å². The van der Waals surface area contributed by atoms with E-state index in [0.29, 0.717) is 13.0 Å². The highest BCUT2D eigenvalue weighted by Gasteiger charge is 2.18. The first kappa shape index (κ1) is 11.9. The molecule has 0 aliphatic carbocycles. The van der Waals surface area contributed by atoms with Crippen LogP contribution in [0.3, 0.4) is 0 Å². The summed E-state index contributed by atoms with van der Waals surface area (Å²) in [5.74, 6) is 0.0721. The largest absolute Gasteiger partial charge is 0.326 e. The molecule has 0 unspecified atom stereocenters. The number of anilines is 1. The molecule has 96 valence electrons. The molecule has 1 aliphatic rings. The second-order valence-electron chi connectivity index (χ2n) is 4.67. The van der Waals surface area contributed by atoms with Crippen molar-refractivity contribution in [2.45, 2.75) is 19.4 Å². The number of hydrogen-bond acceptors (Lipinski definition) is 3. The van der Waals surface area contributed by atoms with E-state index in [-0.39, 0.29) is 5.91 Å². The van der Waals surface area contributed by atoms with E-state index < -0.39 is 0 Å². The number of hydrogen-bond donors (Lipinski definition) is 2. The van der Waals surface area contributed by atoms with Crippen LogP contribution in [0, 0.1) is 0 Å². The third-order valence-electron chi connectivity index (χ3n) is 3.38. The van der Waals surface area contributed by atoms with Gasteiger partial charge in [-0.05, 0) is 23.6 Å². The lowest BCUT2D eigenvalue weighted by molar-refractivity contribution is -0.116. The van der Waals surface area contributed by atoms with E-state index in [1.807, 2.05) is 18.2 Å². The Morgan fingerprint density at radius 2 is 2.16 bits per heavy atom. The monoisotopic (exact) mass is 253 g/mol. The summed E-state index contributed by atoms with van der Waals surface area (Å²) in [5.41, 5.74) is 10.7. The zero-order valence-corrected chi connectivity index (χ0v) is 10.5. The summed E-state index contributed by atoms with van der Waals surface area (Å²) in [6.45, 7) is 0.461. The van der Waals surface area contributed by atoms with Crippen LogP contribution in [0.25, 0.3) is 11.1 Å². The van der Waals surface area contributed by atoms with Crippen molar-refractivity contribution in [3.05, 3.63) is 47.8 Å². The molecule has 2 heterocycles. The van der Waals surface area contributed by atoms with Crippen LogP contribution in [0.2, 0.25) is 0 Å². The van der Waals surface area contributed by atoms with Crippen LogP contribution < -0.4 is 11.1 Å². The average Bonchev–Trinajstić information content (AvgIpc) is 2.46. The van der Waals surface area contributed by atoms with Gasteiger partial charge >= 0.3 is 0 Å². The van der Waals surface area contributed by atoms with Crippen LogP contribution in [0.15, 0.2) is 36.7 Å². The molecule has 0 bridgehead atoms. The predicted octanol–water partition coefficient (Wildman–Crippen LogP) is 2.09. The standard InChI is InChI=1S/C15H15N3O/c16-7-10-6-12(9-17-8-10)13-3-1-2-11-4-5-14(19)18-15(11)13/h1-3,6,8-9H,4-5,7,16H2,(H,18,19). The van der Waals surface area contributed by atoms with Gasteiger partial charge in [0.05, 0.1) is 5.69 Å². The summed E-state index contributed by atoms with van der Waals surface area (Å²) in [7, 11) is 0. The molecule has 1 aliphatic heterocycles. The summed E-state index contributed by atoms with van der Waals surface area (Å²) in [5, 5.41) is 2.97. The van der Waals surface area contributed by atoms with Crippen LogP contribution in [-0.4, -0.2) is 10.9 Å². The number of aromatic nitrogens is 1. The number of nitrogens with zero attached hydrogens (tertiary/aromatic N) is 1. The summed E-state index contributed by atoms with van der Waals surface area (Å²) in [6, 6.07) is 8.09. The Balaban J connectivity index is 2.12. The van der Waals surface area contributed by atoms with Crippen molar-refractivity contribution in [3.8, 4) is 11.1 Å². The topological polar surface area (TPSA) is 68.0 Å². The molecule has 3 rings (SSSR count). The second-order valence-corrected chi connectivity index (χ2v) is 4.67. The van der Waals surface area contributed by atoms with Crippen LogP contribution in [0.4, 0.5) is 5.69 Å². The number of rotatable bonds is 2. The summed E-state index contributed by atoms with van der Waals surface area (Å²) in [6.07, 6.45) is 4.91. The Morgan fingerprint density at radius 1 is 1.26 bits per heavy atom. The first-order valence-electron chi connectivity index (χ1n) is 6.34. The molecule has 19 heavy (non-hydrogen) atoms. The van der Waals surface area contributed by atoms with Gasteiger partial charge in [0.15, 0.2) is 0 Å². The third-order valence-corrected chi connectivity index (χ3v) is 3.38. The molecule has 1 aromatic carbocycles. The van der Waals surface area contributed by atoms with Gasteiger partial charge in [-0.3, -0.25) is 9.78 Å². The smallest absolute Gasteiger partial charge is 0.224 e. The third kappa shape index (κ3) is 2.22. The van der Waals surface area contributed by atoms with E-state index >= 15 is 0 Å². The molecule has 0 saturated heterocycles. The number of nitrogens with two attached hydrogens (primary N) is 1. The maximum absolute atomic E-state index is 11.6. The highest BCUT2D eigenvalue weighted by molar-refractivity contribution is 5.98. The number of pyridine rings is 1. The molecule has 4 heteroatoms. The normalized spacial score (nSPS) is 13.8. The SMILES string of the molecule is NCc1cncc(-c2cccc3c2NC(=O)CC3)c1. The van der Waals surface area contributed by atoms with Gasteiger partial charge < -0.3 is 11.1 Å². The molecule has 0 spiro atoms. The Labute approximate surface area is 111 Å². The predicted molar refractivity (Wildman–Crippen MR) is 74.5 cm³/mol. The van der Waals surface area contributed by atoms with Crippen molar-refractivity contribution >= 4 is 11.6 Å². The fraction of sp³-hybridized carbons (Fsp3) is 0.200. The highest BCUT2D eigenvalue weighted by Crippen LogP contribution is 2.34. The molecule has 0 saturated carbocycles. The number of fused-ring (bicyclic) bond motifs is 1. The van der Waals surface area contributed by atoms with Gasteiger partial charge in [0.1, 0.15) is 0 Å². The molecular formula is C15H15N3O. The summed E-state index contributed by atoms with van der Waals surface area (Å²) in [4.78, 5) is 15.8. The Morgan fingerprint density at radius 3 is 3.00 bits per heavy atom. The van der Waals surface area contributed by atoms with Crippen LogP contribution >= 0.6 is 0 Å². The number of aryl methyl sites for hydroxylation is 1. The zero-order chi connectivity index (χ0) is 13.2. The maximum Gasteiger partial charge on any atom is 0.224 e. The number of benzene rings is 1. The van der Waals surface area contributed by atoms with E-state index in [0.717, 1.165) is 28.8 Å². The molecule has 0 radical (unpaired) electrons. The molecule has 0 atom stereocenters. The minimum atomic E-state index is 0.0721. The van der Waals surface area contributed by atoms with Gasteiger partial charge in [0.25, 0.3) is 0 Å². The van der Waals surface area contributed by atoms with Crippen molar-refractivity contribution in [3.63, 3.8) is 0 Å². The number of carbonyl (C=O) groups excluding carboxylic acids is 1. The van der Waals surface area contributed by atoms with E-state index in [1.54, 1.807) is 12.4 Å². The number of para-hydroxylation sites is 1. The summed E-state index contributed by atoms with van der Waals surface area (Å²) < 4.78 is 0. The maximum atomic E-state index is 11.6. The highest BCUT2D eigenvalue weighted by atomic mass is 16.1. The number of amides is 1. The second kappa shape index (κ2) is 4.82.